The van der Waals surface area contributed by atoms with Crippen molar-refractivity contribution in [1.29, 1.82) is 0 Å². The van der Waals surface area contributed by atoms with Crippen LogP contribution < -0.4 is 0 Å². The lowest BCUT2D eigenvalue weighted by Gasteiger charge is -2.03. The zero-order valence-corrected chi connectivity index (χ0v) is 9.77. The van der Waals surface area contributed by atoms with Gasteiger partial charge in [-0.1, -0.05) is 0 Å². The third kappa shape index (κ3) is 3.81. The summed E-state index contributed by atoms with van der Waals surface area (Å²) in [6, 6.07) is 0. The van der Waals surface area contributed by atoms with Crippen molar-refractivity contribution in [3.05, 3.63) is 22.0 Å². The van der Waals surface area contributed by atoms with Gasteiger partial charge in [0.1, 0.15) is 17.4 Å². The average molecular weight is 213 g/mol. The molecule has 0 saturated heterocycles. The van der Waals surface area contributed by atoms with Crippen LogP contribution in [-0.2, 0) is 20.4 Å². The van der Waals surface area contributed by atoms with Crippen molar-refractivity contribution < 1.29 is 9.53 Å². The predicted molar refractivity (Wildman–Crippen MR) is 61.5 cm³/mol. The highest BCUT2D eigenvalue weighted by atomic mass is 32.2. The Hall–Kier alpha value is -0.990. The summed E-state index contributed by atoms with van der Waals surface area (Å²) in [5.74, 6) is 2.31. The molecule has 0 heterocycles. The van der Waals surface area contributed by atoms with Crippen molar-refractivity contribution in [2.24, 2.45) is 0 Å². The maximum absolute atomic E-state index is 11.1. The zero-order valence-electron chi connectivity index (χ0n) is 8.96. The summed E-state index contributed by atoms with van der Waals surface area (Å²) in [5.41, 5.74) is 0.798. The Balaban J connectivity index is 4.81. The van der Waals surface area contributed by atoms with Gasteiger partial charge in [0.2, 0.25) is 0 Å². The van der Waals surface area contributed by atoms with Gasteiger partial charge >= 0.3 is 5.97 Å². The minimum Gasteiger partial charge on any atom is -0.763 e. The quantitative estimate of drug-likeness (QED) is 0.233. The molecule has 0 spiro atoms. The van der Waals surface area contributed by atoms with Crippen molar-refractivity contribution in [3.8, 4) is 0 Å². The maximum Gasteiger partial charge on any atom is 0.344 e. The largest absolute Gasteiger partial charge is 0.763 e. The predicted octanol–water partition coefficient (Wildman–Crippen LogP) is 1.50. The Kier molecular flexibility index (Phi) is 6.00. The molecule has 78 valence electrons. The van der Waals surface area contributed by atoms with Gasteiger partial charge in [0.15, 0.2) is 0 Å². The first-order valence-electron chi connectivity index (χ1n) is 4.22. The first-order valence-corrected chi connectivity index (χ1v) is 6.08. The van der Waals surface area contributed by atoms with Gasteiger partial charge in [0.05, 0.1) is 12.7 Å². The van der Waals surface area contributed by atoms with E-state index in [0.29, 0.717) is 5.57 Å². The topological polar surface area (TPSA) is 48.6 Å². The molecule has 1 atom stereocenters. The highest BCUT2D eigenvalue weighted by Crippen LogP contribution is 2.10. The zero-order chi connectivity index (χ0) is 11.1. The molecule has 0 bridgehead atoms. The fourth-order valence-electron chi connectivity index (χ4n) is 0.841. The number of ether oxygens (including phenoxy) is 1. The molecule has 4 heteroatoms. The van der Waals surface area contributed by atoms with Gasteiger partial charge in [-0.05, 0) is 13.8 Å². The summed E-state index contributed by atoms with van der Waals surface area (Å²) in [4.78, 5) is 11.1. The van der Waals surface area contributed by atoms with E-state index in [2.05, 4.69) is 17.9 Å². The van der Waals surface area contributed by atoms with Crippen LogP contribution in [0.2, 0.25) is 0 Å². The first kappa shape index (κ1) is 13.0. The van der Waals surface area contributed by atoms with Crippen LogP contribution in [-0.4, -0.2) is 31.0 Å². The third-order valence-electron chi connectivity index (χ3n) is 1.73. The highest BCUT2D eigenvalue weighted by molar-refractivity contribution is 7.98. The van der Waals surface area contributed by atoms with Crippen molar-refractivity contribution in [2.75, 3.05) is 19.1 Å². The molecule has 0 aliphatic carbocycles. The van der Waals surface area contributed by atoms with Crippen molar-refractivity contribution >= 4 is 22.7 Å². The summed E-state index contributed by atoms with van der Waals surface area (Å²) < 4.78 is 4.50. The van der Waals surface area contributed by atoms with E-state index < -0.39 is 5.97 Å². The van der Waals surface area contributed by atoms with E-state index in [1.54, 1.807) is 6.92 Å². The molecule has 0 N–H and O–H groups in total. The molecule has 0 aromatic heterocycles. The molecule has 3 nitrogen and oxygen atoms in total. The van der Waals surface area contributed by atoms with E-state index in [9.17, 15) is 4.79 Å². The third-order valence-corrected chi connectivity index (χ3v) is 3.40. The van der Waals surface area contributed by atoms with E-state index in [1.807, 2.05) is 11.3 Å². The number of hydrogen-bond acceptors (Lipinski definition) is 2. The Labute approximate surface area is 87.7 Å². The van der Waals surface area contributed by atoms with E-state index >= 15 is 0 Å². The van der Waals surface area contributed by atoms with Crippen LogP contribution in [0.3, 0.4) is 0 Å². The van der Waals surface area contributed by atoms with Crippen LogP contribution in [0.5, 0.6) is 0 Å². The van der Waals surface area contributed by atoms with Crippen LogP contribution in [0.4, 0.5) is 0 Å². The molecule has 0 aliphatic heterocycles. The van der Waals surface area contributed by atoms with E-state index in [1.165, 1.54) is 7.11 Å². The Morgan fingerprint density at radius 2 is 2.21 bits per heavy atom. The normalized spacial score (nSPS) is 13.0. The molecule has 0 fully saturated rings. The number of esters is 1. The summed E-state index contributed by atoms with van der Waals surface area (Å²) in [7, 11) is 1.39. The van der Waals surface area contributed by atoms with Gasteiger partial charge < -0.3 is 10.1 Å². The van der Waals surface area contributed by atoms with Crippen LogP contribution in [0.1, 0.15) is 13.8 Å². The van der Waals surface area contributed by atoms with Crippen LogP contribution >= 0.6 is 0 Å². The van der Waals surface area contributed by atoms with E-state index in [4.69, 9.17) is 5.41 Å². The van der Waals surface area contributed by atoms with Crippen molar-refractivity contribution in [1.82, 2.24) is 0 Å². The molecule has 0 rings (SSSR count). The molecule has 0 aromatic rings. The summed E-state index contributed by atoms with van der Waals surface area (Å²) in [6.07, 6.45) is 2.07. The summed E-state index contributed by atoms with van der Waals surface area (Å²) >= 11 is 0. The molecular formula is C10H15NO2S. The lowest BCUT2D eigenvalue weighted by Crippen LogP contribution is -2.08. The van der Waals surface area contributed by atoms with Gasteiger partial charge in [0.25, 0.3) is 0 Å². The number of nitrogens with zero attached hydrogens (tertiary/aromatic N) is 1. The number of carbonyl (C=O) groups excluding carboxylic acids is 1. The summed E-state index contributed by atoms with van der Waals surface area (Å²) in [5, 5.41) is 10.7. The Bertz CT molecular complexity index is 290. The SMILES string of the molecule is CC[S+](C)/C=C(\C)C(=C=[N-])C(=O)OC. The Morgan fingerprint density at radius 3 is 2.57 bits per heavy atom. The van der Waals surface area contributed by atoms with Crippen LogP contribution in [0.25, 0.3) is 5.41 Å². The second-order valence-electron chi connectivity index (χ2n) is 2.76. The van der Waals surface area contributed by atoms with Crippen LogP contribution in [0, 0.1) is 0 Å². The summed E-state index contributed by atoms with van der Waals surface area (Å²) in [6.45, 7) is 3.83. The monoisotopic (exact) mass is 213 g/mol. The minimum absolute atomic E-state index is 0.0975. The lowest BCUT2D eigenvalue weighted by atomic mass is 10.1. The highest BCUT2D eigenvalue weighted by Gasteiger charge is 2.13. The molecule has 0 aromatic carbocycles. The van der Waals surface area contributed by atoms with Gasteiger partial charge in [-0.25, -0.2) is 4.79 Å². The maximum atomic E-state index is 11.1. The number of hydrogen-bond donors (Lipinski definition) is 0. The van der Waals surface area contributed by atoms with E-state index in [-0.39, 0.29) is 16.5 Å². The second-order valence-corrected chi connectivity index (χ2v) is 4.95. The standard InChI is InChI=1S/C10H15NO2S/c1-5-14(4)7-8(2)9(6-11)10(12)13-3/h7H,5H2,1-4H3/b8-7+. The molecule has 14 heavy (non-hydrogen) atoms. The van der Waals surface area contributed by atoms with Gasteiger partial charge in [-0.3, -0.25) is 5.87 Å². The van der Waals surface area contributed by atoms with Crippen LogP contribution in [0.15, 0.2) is 16.6 Å². The molecular weight excluding hydrogens is 198 g/mol. The average Bonchev–Trinajstić information content (AvgIpc) is 2.18. The fraction of sp³-hybridized carbons (Fsp3) is 0.500. The van der Waals surface area contributed by atoms with Gasteiger partial charge in [-0.15, -0.1) is 0 Å². The van der Waals surface area contributed by atoms with E-state index in [0.717, 1.165) is 5.75 Å². The molecule has 0 amide bonds. The first-order chi connectivity index (χ1) is 6.56. The minimum atomic E-state index is -0.561. The van der Waals surface area contributed by atoms with Crippen molar-refractivity contribution in [2.45, 2.75) is 13.8 Å². The lowest BCUT2D eigenvalue weighted by molar-refractivity contribution is -0.135. The molecule has 1 unspecified atom stereocenters. The second kappa shape index (κ2) is 6.46. The number of rotatable bonds is 4. The molecule has 0 aliphatic rings. The van der Waals surface area contributed by atoms with Gasteiger partial charge in [0, 0.05) is 16.5 Å². The van der Waals surface area contributed by atoms with Crippen molar-refractivity contribution in [3.63, 3.8) is 0 Å². The molecule has 0 saturated carbocycles. The number of methoxy groups -OCH3 is 1. The smallest absolute Gasteiger partial charge is 0.344 e. The Morgan fingerprint density at radius 1 is 1.64 bits per heavy atom. The van der Waals surface area contributed by atoms with Gasteiger partial charge in [-0.2, -0.15) is 0 Å². The number of carbonyl (C=O) groups is 1. The fourth-order valence-corrected chi connectivity index (χ4v) is 1.73. The molecule has 0 radical (unpaired) electrons.